The second-order valence-electron chi connectivity index (χ2n) is 12.5. The van der Waals surface area contributed by atoms with Gasteiger partial charge in [-0.15, -0.1) is 0 Å². The molecule has 3 fully saturated rings. The molecule has 8 unspecified atom stereocenters. The number of ether oxygens (including phenoxy) is 3. The summed E-state index contributed by atoms with van der Waals surface area (Å²) in [6, 6.07) is 0. The van der Waals surface area contributed by atoms with Crippen LogP contribution >= 0.6 is 0 Å². The molecule has 1 amide bonds. The van der Waals surface area contributed by atoms with Crippen molar-refractivity contribution < 1.29 is 33.4 Å². The molecule has 10 heteroatoms. The largest absolute Gasteiger partial charge is 0.462 e. The highest BCUT2D eigenvalue weighted by Crippen LogP contribution is 2.70. The SMILES string of the molecule is CCOC(=O)N/N=C(/C)C12ON=C(C(=O)OCC)C1CC1C3CC=C4CC(OC(C)=O)CCC4(C)C3CCC12C. The minimum absolute atomic E-state index is 0.0427. The molecule has 0 saturated heterocycles. The van der Waals surface area contributed by atoms with E-state index in [1.165, 1.54) is 12.5 Å². The molecular weight excluding hydrogens is 514 g/mol. The van der Waals surface area contributed by atoms with Crippen LogP contribution in [0.3, 0.4) is 0 Å². The number of esters is 2. The number of nitrogens with one attached hydrogen (secondary N) is 1. The molecule has 1 N–H and O–H groups in total. The van der Waals surface area contributed by atoms with Crippen molar-refractivity contribution in [2.24, 2.45) is 44.8 Å². The van der Waals surface area contributed by atoms with Crippen molar-refractivity contribution in [2.45, 2.75) is 98.2 Å². The number of hydrogen-bond donors (Lipinski definition) is 1. The highest BCUT2D eigenvalue weighted by Gasteiger charge is 2.74. The van der Waals surface area contributed by atoms with E-state index in [0.29, 0.717) is 23.3 Å². The van der Waals surface area contributed by atoms with Crippen molar-refractivity contribution in [1.82, 2.24) is 5.43 Å². The number of rotatable bonds is 6. The Labute approximate surface area is 236 Å². The summed E-state index contributed by atoms with van der Waals surface area (Å²) >= 11 is 0. The first-order chi connectivity index (χ1) is 19.0. The first-order valence-electron chi connectivity index (χ1n) is 14.8. The summed E-state index contributed by atoms with van der Waals surface area (Å²) in [6.45, 7) is 12.0. The molecule has 0 radical (unpaired) electrons. The van der Waals surface area contributed by atoms with E-state index in [-0.39, 0.29) is 48.0 Å². The number of fused-ring (bicyclic) bond motifs is 7. The van der Waals surface area contributed by atoms with Crippen molar-refractivity contribution >= 4 is 29.5 Å². The molecule has 10 nitrogen and oxygen atoms in total. The molecule has 0 bridgehead atoms. The fourth-order valence-corrected chi connectivity index (χ4v) is 9.15. The maximum atomic E-state index is 13.0. The van der Waals surface area contributed by atoms with Crippen LogP contribution < -0.4 is 5.43 Å². The maximum Gasteiger partial charge on any atom is 0.427 e. The van der Waals surface area contributed by atoms with Crippen LogP contribution in [0.15, 0.2) is 21.9 Å². The van der Waals surface area contributed by atoms with E-state index < -0.39 is 17.7 Å². The van der Waals surface area contributed by atoms with Gasteiger partial charge in [0.25, 0.3) is 0 Å². The third-order valence-electron chi connectivity index (χ3n) is 10.8. The van der Waals surface area contributed by atoms with Crippen LogP contribution in [0, 0.1) is 34.5 Å². The molecule has 3 saturated carbocycles. The zero-order valence-corrected chi connectivity index (χ0v) is 24.6. The van der Waals surface area contributed by atoms with Crippen molar-refractivity contribution in [1.29, 1.82) is 0 Å². The van der Waals surface area contributed by atoms with Crippen LogP contribution in [-0.4, -0.2) is 54.4 Å². The third kappa shape index (κ3) is 4.24. The molecule has 4 aliphatic carbocycles. The fraction of sp³-hybridized carbons (Fsp3) is 0.767. The summed E-state index contributed by atoms with van der Waals surface area (Å²) in [5.74, 6) is 0.139. The summed E-state index contributed by atoms with van der Waals surface area (Å²) in [4.78, 5) is 43.1. The molecule has 220 valence electrons. The van der Waals surface area contributed by atoms with Crippen molar-refractivity contribution in [3.8, 4) is 0 Å². The Morgan fingerprint density at radius 2 is 1.85 bits per heavy atom. The average Bonchev–Trinajstić information content (AvgIpc) is 3.41. The van der Waals surface area contributed by atoms with Crippen molar-refractivity contribution in [3.63, 3.8) is 0 Å². The second kappa shape index (κ2) is 10.5. The highest BCUT2D eigenvalue weighted by molar-refractivity contribution is 6.38. The first kappa shape index (κ1) is 28.6. The van der Waals surface area contributed by atoms with Gasteiger partial charge in [-0.05, 0) is 82.5 Å². The zero-order valence-electron chi connectivity index (χ0n) is 24.6. The number of hydrogen-bond acceptors (Lipinski definition) is 9. The number of carbonyl (C=O) groups is 3. The van der Waals surface area contributed by atoms with E-state index in [2.05, 4.69) is 35.6 Å². The standard InChI is InChI=1S/C30H43N3O7/c1-7-37-26(35)25-24-16-23-21-10-9-19-15-20(39-18(4)34)11-13-28(19,5)22(21)12-14-29(23,6)30(24,40-33-25)17(3)31-32-27(36)38-8-2/h9,20-24H,7-8,10-16H2,1-6H3,(H,32,36)/b31-17-. The van der Waals surface area contributed by atoms with Gasteiger partial charge in [0.15, 0.2) is 11.3 Å². The van der Waals surface area contributed by atoms with Crippen LogP contribution in [0.2, 0.25) is 0 Å². The van der Waals surface area contributed by atoms with Crippen molar-refractivity contribution in [3.05, 3.63) is 11.6 Å². The summed E-state index contributed by atoms with van der Waals surface area (Å²) in [5.41, 5.74) is 3.53. The Morgan fingerprint density at radius 1 is 1.10 bits per heavy atom. The molecule has 8 atom stereocenters. The molecule has 1 aliphatic heterocycles. The minimum atomic E-state index is -0.970. The molecule has 0 aromatic carbocycles. The Kier molecular flexibility index (Phi) is 7.50. The molecule has 0 aromatic rings. The number of carbonyl (C=O) groups excluding carboxylic acids is 3. The summed E-state index contributed by atoms with van der Waals surface area (Å²) in [6.07, 6.45) is 7.95. The fourth-order valence-electron chi connectivity index (χ4n) is 9.15. The highest BCUT2D eigenvalue weighted by atomic mass is 16.7. The van der Waals surface area contributed by atoms with Gasteiger partial charge >= 0.3 is 18.0 Å². The van der Waals surface area contributed by atoms with Gasteiger partial charge in [0.05, 0.1) is 24.8 Å². The number of oxime groups is 1. The normalized spacial score (nSPS) is 39.8. The molecule has 5 aliphatic rings. The lowest BCUT2D eigenvalue weighted by Crippen LogP contribution is -2.59. The van der Waals surface area contributed by atoms with E-state index in [0.717, 1.165) is 44.9 Å². The number of nitrogens with zero attached hydrogens (tertiary/aromatic N) is 2. The van der Waals surface area contributed by atoms with Gasteiger partial charge in [-0.2, -0.15) is 5.10 Å². The van der Waals surface area contributed by atoms with E-state index in [1.54, 1.807) is 13.8 Å². The smallest absolute Gasteiger partial charge is 0.427 e. The first-order valence-corrected chi connectivity index (χ1v) is 14.8. The lowest BCUT2D eigenvalue weighted by atomic mass is 9.46. The number of amides is 1. The van der Waals surface area contributed by atoms with Gasteiger partial charge in [-0.1, -0.05) is 30.7 Å². The Bertz CT molecular complexity index is 1160. The monoisotopic (exact) mass is 557 g/mol. The van der Waals surface area contributed by atoms with Crippen LogP contribution in [0.1, 0.15) is 86.5 Å². The predicted octanol–water partition coefficient (Wildman–Crippen LogP) is 4.92. The van der Waals surface area contributed by atoms with Crippen molar-refractivity contribution in [2.75, 3.05) is 13.2 Å². The zero-order chi connectivity index (χ0) is 28.9. The van der Waals surface area contributed by atoms with E-state index in [9.17, 15) is 14.4 Å². The number of allylic oxidation sites excluding steroid dienone is 1. The maximum absolute atomic E-state index is 13.0. The Balaban J connectivity index is 1.49. The molecule has 1 heterocycles. The summed E-state index contributed by atoms with van der Waals surface area (Å²) in [7, 11) is 0. The Morgan fingerprint density at radius 3 is 2.55 bits per heavy atom. The predicted molar refractivity (Wildman–Crippen MR) is 147 cm³/mol. The minimum Gasteiger partial charge on any atom is -0.462 e. The summed E-state index contributed by atoms with van der Waals surface area (Å²) < 4.78 is 16.0. The van der Waals surface area contributed by atoms with E-state index in [1.807, 2.05) is 6.92 Å². The summed E-state index contributed by atoms with van der Waals surface area (Å²) in [5, 5.41) is 8.75. The van der Waals surface area contributed by atoms with E-state index in [4.69, 9.17) is 19.0 Å². The lowest BCUT2D eigenvalue weighted by Gasteiger charge is -2.58. The quantitative estimate of drug-likeness (QED) is 0.162. The molecular formula is C30H43N3O7. The lowest BCUT2D eigenvalue weighted by molar-refractivity contribution is -0.149. The van der Waals surface area contributed by atoms with Gasteiger partial charge in [-0.25, -0.2) is 15.0 Å². The molecule has 40 heavy (non-hydrogen) atoms. The van der Waals surface area contributed by atoms with Crippen LogP contribution in [0.4, 0.5) is 4.79 Å². The molecule has 0 spiro atoms. The second-order valence-corrected chi connectivity index (χ2v) is 12.5. The van der Waals surface area contributed by atoms with E-state index >= 15 is 0 Å². The third-order valence-corrected chi connectivity index (χ3v) is 10.8. The number of hydrazone groups is 1. The average molecular weight is 558 g/mol. The van der Waals surface area contributed by atoms with Gasteiger partial charge in [0.2, 0.25) is 0 Å². The van der Waals surface area contributed by atoms with Crippen LogP contribution in [0.25, 0.3) is 0 Å². The van der Waals surface area contributed by atoms with Crippen LogP contribution in [-0.2, 0) is 28.6 Å². The van der Waals surface area contributed by atoms with Gasteiger partial charge in [0.1, 0.15) is 6.10 Å². The molecule has 5 rings (SSSR count). The Hall–Kier alpha value is -2.91. The van der Waals surface area contributed by atoms with Crippen LogP contribution in [0.5, 0.6) is 0 Å². The van der Waals surface area contributed by atoms with Gasteiger partial charge < -0.3 is 19.0 Å². The topological polar surface area (TPSA) is 125 Å². The van der Waals surface area contributed by atoms with Gasteiger partial charge in [0, 0.05) is 18.8 Å². The van der Waals surface area contributed by atoms with Gasteiger partial charge in [-0.3, -0.25) is 4.79 Å². The molecule has 0 aromatic heterocycles.